The Kier molecular flexibility index (Phi) is 3.56. The van der Waals surface area contributed by atoms with Gasteiger partial charge in [0.2, 0.25) is 0 Å². The van der Waals surface area contributed by atoms with Crippen LogP contribution in [-0.2, 0) is 0 Å². The molecule has 2 fully saturated rings. The first-order valence-electron chi connectivity index (χ1n) is 5.63. The quantitative estimate of drug-likeness (QED) is 0.687. The molecular weight excluding hydrogens is 178 g/mol. The molecule has 76 valence electrons. The van der Waals surface area contributed by atoms with Gasteiger partial charge in [-0.3, -0.25) is 0 Å². The molecule has 0 aromatic carbocycles. The average Bonchev–Trinajstić information content (AvgIpc) is 2.02. The standard InChI is InChI=1S/C11H21NS/c1-13-9-10-4-3-7-12(8-10)11-5-2-6-11/h10-11H,2-9H2,1H3. The number of hydrogen-bond acceptors (Lipinski definition) is 2. The summed E-state index contributed by atoms with van der Waals surface area (Å²) in [7, 11) is 0. The molecule has 13 heavy (non-hydrogen) atoms. The SMILES string of the molecule is CSCC1CCCN(C2CCC2)C1. The van der Waals surface area contributed by atoms with Crippen LogP contribution in [0.3, 0.4) is 0 Å². The monoisotopic (exact) mass is 199 g/mol. The maximum absolute atomic E-state index is 2.76. The van der Waals surface area contributed by atoms with Crippen LogP contribution in [0.15, 0.2) is 0 Å². The molecule has 0 radical (unpaired) electrons. The molecule has 1 saturated heterocycles. The van der Waals surface area contributed by atoms with Crippen molar-refractivity contribution in [1.29, 1.82) is 0 Å². The summed E-state index contributed by atoms with van der Waals surface area (Å²) in [4.78, 5) is 2.76. The predicted octanol–water partition coefficient (Wildman–Crippen LogP) is 2.61. The van der Waals surface area contributed by atoms with Crippen molar-refractivity contribution in [1.82, 2.24) is 4.90 Å². The molecular formula is C11H21NS. The normalized spacial score (nSPS) is 31.6. The molecule has 1 unspecified atom stereocenters. The van der Waals surface area contributed by atoms with E-state index in [4.69, 9.17) is 0 Å². The predicted molar refractivity (Wildman–Crippen MR) is 60.3 cm³/mol. The Morgan fingerprint density at radius 3 is 2.69 bits per heavy atom. The lowest BCUT2D eigenvalue weighted by atomic mass is 9.88. The Morgan fingerprint density at radius 1 is 1.23 bits per heavy atom. The van der Waals surface area contributed by atoms with Crippen LogP contribution in [0.25, 0.3) is 0 Å². The highest BCUT2D eigenvalue weighted by molar-refractivity contribution is 7.98. The Labute approximate surface area is 86.3 Å². The van der Waals surface area contributed by atoms with Crippen molar-refractivity contribution >= 4 is 11.8 Å². The molecule has 0 aromatic heterocycles. The van der Waals surface area contributed by atoms with E-state index in [1.165, 1.54) is 50.9 Å². The van der Waals surface area contributed by atoms with Crippen LogP contribution in [0.4, 0.5) is 0 Å². The van der Waals surface area contributed by atoms with Gasteiger partial charge >= 0.3 is 0 Å². The van der Waals surface area contributed by atoms with Gasteiger partial charge in [-0.15, -0.1) is 0 Å². The summed E-state index contributed by atoms with van der Waals surface area (Å²) >= 11 is 2.02. The molecule has 2 heteroatoms. The van der Waals surface area contributed by atoms with Crippen molar-refractivity contribution in [2.45, 2.75) is 38.1 Å². The van der Waals surface area contributed by atoms with E-state index in [0.717, 1.165) is 12.0 Å². The molecule has 0 aromatic rings. The highest BCUT2D eigenvalue weighted by Gasteiger charge is 2.28. The molecule has 0 N–H and O–H groups in total. The van der Waals surface area contributed by atoms with Gasteiger partial charge in [-0.2, -0.15) is 11.8 Å². The first kappa shape index (κ1) is 9.85. The largest absolute Gasteiger partial charge is 0.300 e. The minimum atomic E-state index is 0.977. The molecule has 1 aliphatic carbocycles. The van der Waals surface area contributed by atoms with Crippen molar-refractivity contribution in [3.8, 4) is 0 Å². The Hall–Kier alpha value is 0.310. The summed E-state index contributed by atoms with van der Waals surface area (Å²) in [5, 5.41) is 0. The summed E-state index contributed by atoms with van der Waals surface area (Å²) in [6.07, 6.45) is 9.60. The van der Waals surface area contributed by atoms with Gasteiger partial charge in [-0.25, -0.2) is 0 Å². The highest BCUT2D eigenvalue weighted by Crippen LogP contribution is 2.29. The number of thioether (sulfide) groups is 1. The lowest BCUT2D eigenvalue weighted by molar-refractivity contribution is 0.0829. The Balaban J connectivity index is 1.77. The first-order chi connectivity index (χ1) is 6.40. The maximum atomic E-state index is 2.76. The van der Waals surface area contributed by atoms with Gasteiger partial charge < -0.3 is 4.90 Å². The van der Waals surface area contributed by atoms with Gasteiger partial charge in [-0.05, 0) is 50.2 Å². The molecule has 1 aliphatic heterocycles. The number of likely N-dealkylation sites (tertiary alicyclic amines) is 1. The first-order valence-corrected chi connectivity index (χ1v) is 7.02. The van der Waals surface area contributed by atoms with Gasteiger partial charge in [-0.1, -0.05) is 6.42 Å². The van der Waals surface area contributed by atoms with Gasteiger partial charge in [0.1, 0.15) is 0 Å². The van der Waals surface area contributed by atoms with Crippen LogP contribution in [-0.4, -0.2) is 36.0 Å². The summed E-state index contributed by atoms with van der Waals surface area (Å²) < 4.78 is 0. The number of rotatable bonds is 3. The van der Waals surface area contributed by atoms with E-state index in [0.29, 0.717) is 0 Å². The molecule has 0 spiro atoms. The number of piperidine rings is 1. The van der Waals surface area contributed by atoms with Gasteiger partial charge in [0, 0.05) is 12.6 Å². The third-order valence-electron chi connectivity index (χ3n) is 3.54. The summed E-state index contributed by atoms with van der Waals surface area (Å²) in [5.41, 5.74) is 0. The van der Waals surface area contributed by atoms with Crippen LogP contribution in [0.2, 0.25) is 0 Å². The van der Waals surface area contributed by atoms with Crippen molar-refractivity contribution < 1.29 is 0 Å². The summed E-state index contributed by atoms with van der Waals surface area (Å²) in [6.45, 7) is 2.78. The maximum Gasteiger partial charge on any atom is 0.00953 e. The topological polar surface area (TPSA) is 3.24 Å². The van der Waals surface area contributed by atoms with E-state index in [2.05, 4.69) is 11.2 Å². The van der Waals surface area contributed by atoms with Gasteiger partial charge in [0.15, 0.2) is 0 Å². The summed E-state index contributed by atoms with van der Waals surface area (Å²) in [6, 6.07) is 0.977. The van der Waals surface area contributed by atoms with Crippen LogP contribution in [0.5, 0.6) is 0 Å². The van der Waals surface area contributed by atoms with Crippen molar-refractivity contribution in [3.63, 3.8) is 0 Å². The fourth-order valence-corrected chi connectivity index (χ4v) is 3.30. The van der Waals surface area contributed by atoms with Crippen molar-refractivity contribution in [3.05, 3.63) is 0 Å². The fourth-order valence-electron chi connectivity index (χ4n) is 2.55. The smallest absolute Gasteiger partial charge is 0.00953 e. The van der Waals surface area contributed by atoms with E-state index in [1.54, 1.807) is 0 Å². The summed E-state index contributed by atoms with van der Waals surface area (Å²) in [5.74, 6) is 2.37. The van der Waals surface area contributed by atoms with E-state index in [-0.39, 0.29) is 0 Å². The van der Waals surface area contributed by atoms with Crippen LogP contribution in [0, 0.1) is 5.92 Å². The van der Waals surface area contributed by atoms with E-state index in [1.807, 2.05) is 11.8 Å². The average molecular weight is 199 g/mol. The molecule has 1 heterocycles. The third-order valence-corrected chi connectivity index (χ3v) is 4.35. The lowest BCUT2D eigenvalue weighted by Crippen LogP contribution is -2.46. The Morgan fingerprint density at radius 2 is 2.08 bits per heavy atom. The molecule has 0 amide bonds. The van der Waals surface area contributed by atoms with E-state index in [9.17, 15) is 0 Å². The minimum absolute atomic E-state index is 0.977. The second-order valence-electron chi connectivity index (χ2n) is 4.54. The second kappa shape index (κ2) is 4.70. The van der Waals surface area contributed by atoms with Gasteiger partial charge in [0.05, 0.1) is 0 Å². The zero-order valence-corrected chi connectivity index (χ0v) is 9.48. The van der Waals surface area contributed by atoms with E-state index < -0.39 is 0 Å². The number of nitrogens with zero attached hydrogens (tertiary/aromatic N) is 1. The molecule has 1 atom stereocenters. The molecule has 1 saturated carbocycles. The van der Waals surface area contributed by atoms with Crippen LogP contribution >= 0.6 is 11.8 Å². The zero-order chi connectivity index (χ0) is 9.10. The van der Waals surface area contributed by atoms with Crippen molar-refractivity contribution in [2.24, 2.45) is 5.92 Å². The number of hydrogen-bond donors (Lipinski definition) is 0. The molecule has 2 aliphatic rings. The zero-order valence-electron chi connectivity index (χ0n) is 8.67. The molecule has 2 rings (SSSR count). The molecule has 1 nitrogen and oxygen atoms in total. The Bertz CT molecular complexity index is 154. The van der Waals surface area contributed by atoms with Crippen LogP contribution < -0.4 is 0 Å². The third kappa shape index (κ3) is 2.41. The molecule has 0 bridgehead atoms. The van der Waals surface area contributed by atoms with Gasteiger partial charge in [0.25, 0.3) is 0 Å². The second-order valence-corrected chi connectivity index (χ2v) is 5.45. The van der Waals surface area contributed by atoms with Crippen LogP contribution in [0.1, 0.15) is 32.1 Å². The van der Waals surface area contributed by atoms with Crippen molar-refractivity contribution in [2.75, 3.05) is 25.1 Å². The van der Waals surface area contributed by atoms with E-state index >= 15 is 0 Å². The lowest BCUT2D eigenvalue weighted by Gasteiger charge is -2.42. The highest BCUT2D eigenvalue weighted by atomic mass is 32.2. The fraction of sp³-hybridized carbons (Fsp3) is 1.00. The minimum Gasteiger partial charge on any atom is -0.300 e.